The van der Waals surface area contributed by atoms with Crippen molar-refractivity contribution in [3.8, 4) is 0 Å². The minimum Gasteiger partial charge on any atom is -0.337 e. The molecule has 1 aliphatic heterocycles. The smallest absolute Gasteiger partial charge is 0.272 e. The first-order valence-corrected chi connectivity index (χ1v) is 8.69. The van der Waals surface area contributed by atoms with Crippen molar-refractivity contribution in [2.75, 3.05) is 13.1 Å². The molecule has 25 heavy (non-hydrogen) atoms. The summed E-state index contributed by atoms with van der Waals surface area (Å²) < 4.78 is 1.62. The molecule has 1 amide bonds. The molecule has 0 radical (unpaired) electrons. The molecule has 1 atom stereocenters. The summed E-state index contributed by atoms with van der Waals surface area (Å²) in [4.78, 5) is 19.3. The van der Waals surface area contributed by atoms with Crippen molar-refractivity contribution in [2.45, 2.75) is 26.2 Å². The highest BCUT2D eigenvalue weighted by Gasteiger charge is 2.38. The van der Waals surface area contributed by atoms with Crippen LogP contribution in [0.3, 0.4) is 0 Å². The Morgan fingerprint density at radius 2 is 1.92 bits per heavy atom. The Kier molecular flexibility index (Phi) is 3.79. The van der Waals surface area contributed by atoms with E-state index in [-0.39, 0.29) is 11.3 Å². The summed E-state index contributed by atoms with van der Waals surface area (Å²) >= 11 is 0. The van der Waals surface area contributed by atoms with E-state index in [0.29, 0.717) is 17.3 Å². The van der Waals surface area contributed by atoms with Gasteiger partial charge in [0.15, 0.2) is 5.65 Å². The second-order valence-electron chi connectivity index (χ2n) is 7.39. The molecule has 1 aliphatic rings. The summed E-state index contributed by atoms with van der Waals surface area (Å²) in [6.07, 6.45) is 2.46. The Balaban J connectivity index is 1.65. The van der Waals surface area contributed by atoms with Crippen LogP contribution in [0.1, 0.15) is 42.2 Å². The Morgan fingerprint density at radius 1 is 1.12 bits per heavy atom. The van der Waals surface area contributed by atoms with Crippen molar-refractivity contribution < 1.29 is 4.79 Å². The van der Waals surface area contributed by atoms with Gasteiger partial charge >= 0.3 is 0 Å². The standard InChI is InChI=1S/C20H22N4O/c1-20(2)11-12-23(13-16(20)15-7-4-3-5-8-15)19(25)17-9-6-10-18-21-14-22-24(17)18/h3-10,14,16H,11-13H2,1-2H3. The number of carbonyl (C=O) groups excluding carboxylic acids is 1. The number of piperidine rings is 1. The van der Waals surface area contributed by atoms with Crippen LogP contribution in [0.2, 0.25) is 0 Å². The zero-order chi connectivity index (χ0) is 17.4. The molecule has 128 valence electrons. The first-order valence-electron chi connectivity index (χ1n) is 8.69. The van der Waals surface area contributed by atoms with Gasteiger partial charge < -0.3 is 4.90 Å². The zero-order valence-electron chi connectivity index (χ0n) is 14.6. The average molecular weight is 334 g/mol. The number of hydrogen-bond donors (Lipinski definition) is 0. The lowest BCUT2D eigenvalue weighted by atomic mass is 9.70. The van der Waals surface area contributed by atoms with Gasteiger partial charge in [-0.3, -0.25) is 4.79 Å². The quantitative estimate of drug-likeness (QED) is 0.722. The van der Waals surface area contributed by atoms with Gasteiger partial charge in [-0.05, 0) is 29.5 Å². The molecule has 4 rings (SSSR count). The monoisotopic (exact) mass is 334 g/mol. The fraction of sp³-hybridized carbons (Fsp3) is 0.350. The molecule has 0 spiro atoms. The number of likely N-dealkylation sites (tertiary alicyclic amines) is 1. The highest BCUT2D eigenvalue weighted by atomic mass is 16.2. The number of amides is 1. The molecule has 1 fully saturated rings. The molecule has 3 heterocycles. The van der Waals surface area contributed by atoms with Gasteiger partial charge in [0, 0.05) is 19.0 Å². The van der Waals surface area contributed by atoms with Crippen LogP contribution in [0.25, 0.3) is 5.65 Å². The number of benzene rings is 1. The maximum Gasteiger partial charge on any atom is 0.272 e. The molecule has 3 aromatic rings. The fourth-order valence-corrected chi connectivity index (χ4v) is 3.75. The van der Waals surface area contributed by atoms with Gasteiger partial charge in [-0.1, -0.05) is 50.2 Å². The maximum absolute atomic E-state index is 13.1. The maximum atomic E-state index is 13.1. The van der Waals surface area contributed by atoms with E-state index < -0.39 is 0 Å². The average Bonchev–Trinajstić information content (AvgIpc) is 3.10. The second-order valence-corrected chi connectivity index (χ2v) is 7.39. The normalized spacial score (nSPS) is 19.9. The zero-order valence-corrected chi connectivity index (χ0v) is 14.6. The van der Waals surface area contributed by atoms with Crippen molar-refractivity contribution >= 4 is 11.6 Å². The molecular formula is C20H22N4O. The number of carbonyl (C=O) groups is 1. The van der Waals surface area contributed by atoms with Crippen LogP contribution >= 0.6 is 0 Å². The number of fused-ring (bicyclic) bond motifs is 1. The van der Waals surface area contributed by atoms with Crippen molar-refractivity contribution in [3.63, 3.8) is 0 Å². The Hall–Kier alpha value is -2.69. The summed E-state index contributed by atoms with van der Waals surface area (Å²) in [5.74, 6) is 0.342. The summed E-state index contributed by atoms with van der Waals surface area (Å²) in [7, 11) is 0. The van der Waals surface area contributed by atoms with E-state index in [9.17, 15) is 4.79 Å². The van der Waals surface area contributed by atoms with Crippen LogP contribution in [-0.2, 0) is 0 Å². The highest BCUT2D eigenvalue weighted by molar-refractivity contribution is 5.93. The lowest BCUT2D eigenvalue weighted by Crippen LogP contribution is -2.46. The van der Waals surface area contributed by atoms with Crippen LogP contribution in [0.4, 0.5) is 0 Å². The molecule has 1 aromatic carbocycles. The van der Waals surface area contributed by atoms with Gasteiger partial charge in [0.1, 0.15) is 12.0 Å². The van der Waals surface area contributed by atoms with Gasteiger partial charge in [-0.25, -0.2) is 9.50 Å². The minimum absolute atomic E-state index is 0.0209. The van der Waals surface area contributed by atoms with E-state index in [0.717, 1.165) is 19.5 Å². The van der Waals surface area contributed by atoms with Crippen LogP contribution in [-0.4, -0.2) is 38.5 Å². The molecule has 0 bridgehead atoms. The van der Waals surface area contributed by atoms with Crippen molar-refractivity contribution in [2.24, 2.45) is 5.41 Å². The molecule has 0 aliphatic carbocycles. The molecule has 1 saturated heterocycles. The van der Waals surface area contributed by atoms with E-state index in [4.69, 9.17) is 0 Å². The minimum atomic E-state index is 0.0209. The van der Waals surface area contributed by atoms with E-state index in [1.807, 2.05) is 29.2 Å². The fourth-order valence-electron chi connectivity index (χ4n) is 3.75. The molecule has 0 N–H and O–H groups in total. The Labute approximate surface area is 147 Å². The van der Waals surface area contributed by atoms with E-state index in [1.54, 1.807) is 4.52 Å². The second kappa shape index (κ2) is 5.99. The SMILES string of the molecule is CC1(C)CCN(C(=O)c2cccc3ncnn23)CC1c1ccccc1. The number of pyridine rings is 1. The third-order valence-electron chi connectivity index (χ3n) is 5.38. The number of rotatable bonds is 2. The van der Waals surface area contributed by atoms with Crippen LogP contribution in [0.5, 0.6) is 0 Å². The predicted octanol–water partition coefficient (Wildman–Crippen LogP) is 3.39. The van der Waals surface area contributed by atoms with Gasteiger partial charge in [0.05, 0.1) is 0 Å². The molecule has 5 nitrogen and oxygen atoms in total. The summed E-state index contributed by atoms with van der Waals surface area (Å²) in [5, 5.41) is 4.20. The third kappa shape index (κ3) is 2.80. The van der Waals surface area contributed by atoms with Gasteiger partial charge in [-0.15, -0.1) is 0 Å². The van der Waals surface area contributed by atoms with E-state index in [2.05, 4.69) is 48.2 Å². The first-order chi connectivity index (χ1) is 12.1. The topological polar surface area (TPSA) is 50.5 Å². The summed E-state index contributed by atoms with van der Waals surface area (Å²) in [6.45, 7) is 6.08. The lowest BCUT2D eigenvalue weighted by molar-refractivity contribution is 0.0559. The Morgan fingerprint density at radius 3 is 2.72 bits per heavy atom. The number of hydrogen-bond acceptors (Lipinski definition) is 3. The molecule has 1 unspecified atom stereocenters. The number of aromatic nitrogens is 3. The lowest BCUT2D eigenvalue weighted by Gasteiger charge is -2.44. The first kappa shape index (κ1) is 15.8. The van der Waals surface area contributed by atoms with Crippen molar-refractivity contribution in [3.05, 3.63) is 66.1 Å². The molecule has 0 saturated carbocycles. The number of nitrogens with zero attached hydrogens (tertiary/aromatic N) is 4. The molecule has 2 aromatic heterocycles. The van der Waals surface area contributed by atoms with Crippen LogP contribution in [0, 0.1) is 5.41 Å². The highest BCUT2D eigenvalue weighted by Crippen LogP contribution is 2.42. The third-order valence-corrected chi connectivity index (χ3v) is 5.38. The van der Waals surface area contributed by atoms with Crippen LogP contribution < -0.4 is 0 Å². The van der Waals surface area contributed by atoms with Crippen LogP contribution in [0.15, 0.2) is 54.9 Å². The molecular weight excluding hydrogens is 312 g/mol. The van der Waals surface area contributed by atoms with Gasteiger partial charge in [0.2, 0.25) is 0 Å². The van der Waals surface area contributed by atoms with Gasteiger partial charge in [0.25, 0.3) is 5.91 Å². The van der Waals surface area contributed by atoms with Crippen molar-refractivity contribution in [1.82, 2.24) is 19.5 Å². The van der Waals surface area contributed by atoms with Gasteiger partial charge in [-0.2, -0.15) is 5.10 Å². The summed E-state index contributed by atoms with van der Waals surface area (Å²) in [5.41, 5.74) is 2.73. The largest absolute Gasteiger partial charge is 0.337 e. The van der Waals surface area contributed by atoms with E-state index >= 15 is 0 Å². The molecule has 5 heteroatoms. The van der Waals surface area contributed by atoms with E-state index in [1.165, 1.54) is 11.9 Å². The van der Waals surface area contributed by atoms with Crippen molar-refractivity contribution in [1.29, 1.82) is 0 Å². The Bertz CT molecular complexity index is 900. The predicted molar refractivity (Wildman–Crippen MR) is 96.5 cm³/mol. The summed E-state index contributed by atoms with van der Waals surface area (Å²) in [6, 6.07) is 16.0.